The third-order valence-electron chi connectivity index (χ3n) is 2.79. The van der Waals surface area contributed by atoms with E-state index in [-0.39, 0.29) is 0 Å². The van der Waals surface area contributed by atoms with Crippen molar-refractivity contribution >= 4 is 0 Å². The summed E-state index contributed by atoms with van der Waals surface area (Å²) >= 11 is 0. The quantitative estimate of drug-likeness (QED) is 0.592. The van der Waals surface area contributed by atoms with Gasteiger partial charge in [0.2, 0.25) is 17.4 Å². The van der Waals surface area contributed by atoms with Crippen molar-refractivity contribution in [3.8, 4) is 5.75 Å². The van der Waals surface area contributed by atoms with Gasteiger partial charge in [0.05, 0.1) is 6.10 Å². The van der Waals surface area contributed by atoms with Crippen LogP contribution in [-0.4, -0.2) is 11.1 Å². The molecule has 0 N–H and O–H groups in total. The molecule has 0 saturated heterocycles. The molecule has 0 aliphatic heterocycles. The Labute approximate surface area is 95.6 Å². The maximum Gasteiger partial charge on any atom is 0.255 e. The van der Waals surface area contributed by atoms with Crippen molar-refractivity contribution in [1.82, 2.24) is 4.98 Å². The first kappa shape index (κ1) is 12.1. The second kappa shape index (κ2) is 4.89. The van der Waals surface area contributed by atoms with Crippen molar-refractivity contribution in [3.63, 3.8) is 0 Å². The van der Waals surface area contributed by atoms with Crippen LogP contribution in [-0.2, 0) is 0 Å². The molecule has 1 aliphatic rings. The van der Waals surface area contributed by atoms with Gasteiger partial charge in [0.15, 0.2) is 0 Å². The topological polar surface area (TPSA) is 22.1 Å². The highest BCUT2D eigenvalue weighted by molar-refractivity contribution is 5.24. The average molecular weight is 249 g/mol. The largest absolute Gasteiger partial charge is 0.484 e. The number of halogens is 4. The Bertz CT molecular complexity index is 392. The maximum atomic E-state index is 13.2. The molecule has 0 unspecified atom stereocenters. The Hall–Kier alpha value is -1.33. The lowest BCUT2D eigenvalue weighted by atomic mass is 9.98. The molecule has 0 atom stereocenters. The summed E-state index contributed by atoms with van der Waals surface area (Å²) in [5, 5.41) is 0. The Morgan fingerprint density at radius 3 is 1.94 bits per heavy atom. The predicted octanol–water partition coefficient (Wildman–Crippen LogP) is 3.35. The third-order valence-corrected chi connectivity index (χ3v) is 2.79. The van der Waals surface area contributed by atoms with E-state index < -0.39 is 35.4 Å². The SMILES string of the molecule is Fc1nc(F)c(F)c(OC2CCCCC2)c1F. The molecule has 0 radical (unpaired) electrons. The molecular formula is C11H11F4NO. The van der Waals surface area contributed by atoms with Crippen LogP contribution in [0.25, 0.3) is 0 Å². The monoisotopic (exact) mass is 249 g/mol. The first-order valence-corrected chi connectivity index (χ1v) is 5.46. The summed E-state index contributed by atoms with van der Waals surface area (Å²) in [4.78, 5) is 2.46. The summed E-state index contributed by atoms with van der Waals surface area (Å²) in [5.74, 6) is -7.52. The minimum atomic E-state index is -1.69. The lowest BCUT2D eigenvalue weighted by Gasteiger charge is -2.23. The minimum absolute atomic E-state index is 0.394. The van der Waals surface area contributed by atoms with E-state index in [1.807, 2.05) is 0 Å². The van der Waals surface area contributed by atoms with Gasteiger partial charge in [-0.25, -0.2) is 0 Å². The zero-order valence-corrected chi connectivity index (χ0v) is 8.98. The van der Waals surface area contributed by atoms with Gasteiger partial charge in [-0.3, -0.25) is 0 Å². The molecule has 17 heavy (non-hydrogen) atoms. The molecular weight excluding hydrogens is 238 g/mol. The molecule has 1 aliphatic carbocycles. The van der Waals surface area contributed by atoms with Crippen LogP contribution < -0.4 is 4.74 Å². The van der Waals surface area contributed by atoms with Gasteiger partial charge in [-0.05, 0) is 25.7 Å². The predicted molar refractivity (Wildman–Crippen MR) is 51.6 cm³/mol. The molecule has 1 aromatic rings. The van der Waals surface area contributed by atoms with Crippen molar-refractivity contribution < 1.29 is 22.3 Å². The number of hydrogen-bond acceptors (Lipinski definition) is 2. The van der Waals surface area contributed by atoms with Gasteiger partial charge < -0.3 is 4.74 Å². The zero-order chi connectivity index (χ0) is 12.4. The molecule has 1 aromatic heterocycles. The Balaban J connectivity index is 2.24. The number of hydrogen-bond donors (Lipinski definition) is 0. The third kappa shape index (κ3) is 2.50. The summed E-state index contributed by atoms with van der Waals surface area (Å²) in [7, 11) is 0. The van der Waals surface area contributed by atoms with Gasteiger partial charge in [-0.15, -0.1) is 0 Å². The maximum absolute atomic E-state index is 13.2. The van der Waals surface area contributed by atoms with Gasteiger partial charge in [0.25, 0.3) is 11.9 Å². The van der Waals surface area contributed by atoms with E-state index >= 15 is 0 Å². The number of nitrogens with zero attached hydrogens (tertiary/aromatic N) is 1. The second-order valence-electron chi connectivity index (χ2n) is 4.03. The molecule has 94 valence electrons. The summed E-state index contributed by atoms with van der Waals surface area (Å²) in [6.45, 7) is 0. The number of pyridine rings is 1. The van der Waals surface area contributed by atoms with E-state index in [1.165, 1.54) is 0 Å². The van der Waals surface area contributed by atoms with Crippen LogP contribution in [0, 0.1) is 23.5 Å². The van der Waals surface area contributed by atoms with Crippen LogP contribution in [0.2, 0.25) is 0 Å². The standard InChI is InChI=1S/C11H11F4NO/c12-7-9(8(13)11(15)16-10(7)14)17-6-4-2-1-3-5-6/h6H,1-5H2. The molecule has 1 heterocycles. The number of rotatable bonds is 2. The lowest BCUT2D eigenvalue weighted by Crippen LogP contribution is -2.21. The van der Waals surface area contributed by atoms with Gasteiger partial charge >= 0.3 is 0 Å². The normalized spacial score (nSPS) is 17.2. The number of ether oxygens (including phenoxy) is 1. The fraction of sp³-hybridized carbons (Fsp3) is 0.545. The van der Waals surface area contributed by atoms with Crippen LogP contribution >= 0.6 is 0 Å². The van der Waals surface area contributed by atoms with Gasteiger partial charge in [-0.2, -0.15) is 22.5 Å². The minimum Gasteiger partial charge on any atom is -0.484 e. The first-order chi connectivity index (χ1) is 8.09. The van der Waals surface area contributed by atoms with Crippen molar-refractivity contribution in [1.29, 1.82) is 0 Å². The van der Waals surface area contributed by atoms with Crippen LogP contribution in [0.5, 0.6) is 5.75 Å². The van der Waals surface area contributed by atoms with Crippen molar-refractivity contribution in [3.05, 3.63) is 23.5 Å². The molecule has 0 aromatic carbocycles. The molecule has 1 fully saturated rings. The summed E-state index contributed by atoms with van der Waals surface area (Å²) in [6, 6.07) is 0. The van der Waals surface area contributed by atoms with E-state index in [2.05, 4.69) is 4.98 Å². The fourth-order valence-electron chi connectivity index (χ4n) is 1.92. The molecule has 2 rings (SSSR count). The molecule has 0 bridgehead atoms. The Morgan fingerprint density at radius 1 is 0.882 bits per heavy atom. The summed E-state index contributed by atoms with van der Waals surface area (Å²) < 4.78 is 57.1. The van der Waals surface area contributed by atoms with Crippen molar-refractivity contribution in [2.75, 3.05) is 0 Å². The Kier molecular flexibility index (Phi) is 3.49. The highest BCUT2D eigenvalue weighted by Crippen LogP contribution is 2.29. The van der Waals surface area contributed by atoms with Gasteiger partial charge in [-0.1, -0.05) is 6.42 Å². The second-order valence-corrected chi connectivity index (χ2v) is 4.03. The van der Waals surface area contributed by atoms with E-state index in [9.17, 15) is 17.6 Å². The average Bonchev–Trinajstić information content (AvgIpc) is 2.33. The molecule has 6 heteroatoms. The van der Waals surface area contributed by atoms with E-state index in [0.29, 0.717) is 12.8 Å². The van der Waals surface area contributed by atoms with E-state index in [4.69, 9.17) is 4.74 Å². The molecule has 1 saturated carbocycles. The highest BCUT2D eigenvalue weighted by atomic mass is 19.2. The van der Waals surface area contributed by atoms with E-state index in [0.717, 1.165) is 19.3 Å². The van der Waals surface area contributed by atoms with Crippen molar-refractivity contribution in [2.45, 2.75) is 38.2 Å². The fourth-order valence-corrected chi connectivity index (χ4v) is 1.92. The van der Waals surface area contributed by atoms with Crippen LogP contribution in [0.1, 0.15) is 32.1 Å². The van der Waals surface area contributed by atoms with Crippen LogP contribution in [0.4, 0.5) is 17.6 Å². The smallest absolute Gasteiger partial charge is 0.255 e. The van der Waals surface area contributed by atoms with Crippen LogP contribution in [0.3, 0.4) is 0 Å². The summed E-state index contributed by atoms with van der Waals surface area (Å²) in [6.07, 6.45) is 3.65. The molecule has 0 amide bonds. The van der Waals surface area contributed by atoms with E-state index in [1.54, 1.807) is 0 Å². The molecule has 0 spiro atoms. The van der Waals surface area contributed by atoms with Crippen molar-refractivity contribution in [2.24, 2.45) is 0 Å². The van der Waals surface area contributed by atoms with Gasteiger partial charge in [0.1, 0.15) is 0 Å². The number of aromatic nitrogens is 1. The lowest BCUT2D eigenvalue weighted by molar-refractivity contribution is 0.137. The highest BCUT2D eigenvalue weighted by Gasteiger charge is 2.25. The molecule has 2 nitrogen and oxygen atoms in total. The zero-order valence-electron chi connectivity index (χ0n) is 8.98. The Morgan fingerprint density at radius 2 is 1.41 bits per heavy atom. The summed E-state index contributed by atoms with van der Waals surface area (Å²) in [5.41, 5.74) is 0. The van der Waals surface area contributed by atoms with Crippen LogP contribution in [0.15, 0.2) is 0 Å². The van der Waals surface area contributed by atoms with Gasteiger partial charge in [0, 0.05) is 0 Å². The first-order valence-electron chi connectivity index (χ1n) is 5.46.